The van der Waals surface area contributed by atoms with Crippen molar-refractivity contribution in [3.05, 3.63) is 65.5 Å². The zero-order valence-corrected chi connectivity index (χ0v) is 10.7. The predicted octanol–water partition coefficient (Wildman–Crippen LogP) is 3.63. The SMILES string of the molecule is O=CC1=CC2=C(C1)c1cnccc1Oc1ccccc12. The summed E-state index contributed by atoms with van der Waals surface area (Å²) in [5, 5.41) is 0. The molecule has 2 aromatic rings. The maximum absolute atomic E-state index is 11.1. The van der Waals surface area contributed by atoms with Crippen LogP contribution < -0.4 is 4.74 Å². The van der Waals surface area contributed by atoms with Crippen LogP contribution in [0.2, 0.25) is 0 Å². The van der Waals surface area contributed by atoms with E-state index in [0.29, 0.717) is 6.42 Å². The van der Waals surface area contributed by atoms with Gasteiger partial charge in [-0.15, -0.1) is 0 Å². The number of aromatic nitrogens is 1. The number of hydrogen-bond donors (Lipinski definition) is 0. The van der Waals surface area contributed by atoms with Gasteiger partial charge in [0, 0.05) is 29.9 Å². The minimum absolute atomic E-state index is 0.634. The van der Waals surface area contributed by atoms with Crippen LogP contribution in [0.5, 0.6) is 11.5 Å². The van der Waals surface area contributed by atoms with Crippen LogP contribution in [0, 0.1) is 0 Å². The number of aldehydes is 1. The van der Waals surface area contributed by atoms with Crippen molar-refractivity contribution in [2.24, 2.45) is 0 Å². The van der Waals surface area contributed by atoms with E-state index in [1.165, 1.54) is 0 Å². The van der Waals surface area contributed by atoms with Crippen molar-refractivity contribution in [2.75, 3.05) is 0 Å². The topological polar surface area (TPSA) is 39.2 Å². The lowest BCUT2D eigenvalue weighted by Crippen LogP contribution is -1.91. The smallest absolute Gasteiger partial charge is 0.146 e. The van der Waals surface area contributed by atoms with Crippen LogP contribution in [0.25, 0.3) is 11.1 Å². The molecule has 20 heavy (non-hydrogen) atoms. The number of allylic oxidation sites excluding steroid dienone is 4. The first kappa shape index (κ1) is 11.2. The van der Waals surface area contributed by atoms with Crippen LogP contribution in [0.1, 0.15) is 17.5 Å². The molecule has 1 aliphatic carbocycles. The number of carbonyl (C=O) groups is 1. The Labute approximate surface area is 116 Å². The molecule has 0 bridgehead atoms. The second-order valence-electron chi connectivity index (χ2n) is 4.88. The van der Waals surface area contributed by atoms with Gasteiger partial charge in [-0.05, 0) is 34.9 Å². The number of nitrogens with zero attached hydrogens (tertiary/aromatic N) is 1. The first-order valence-electron chi connectivity index (χ1n) is 6.47. The molecule has 0 saturated carbocycles. The molecule has 1 aromatic heterocycles. The summed E-state index contributed by atoms with van der Waals surface area (Å²) in [7, 11) is 0. The van der Waals surface area contributed by atoms with E-state index in [0.717, 1.165) is 45.6 Å². The summed E-state index contributed by atoms with van der Waals surface area (Å²) in [5.74, 6) is 1.60. The van der Waals surface area contributed by atoms with Gasteiger partial charge >= 0.3 is 0 Å². The molecule has 0 N–H and O–H groups in total. The highest BCUT2D eigenvalue weighted by Gasteiger charge is 2.26. The van der Waals surface area contributed by atoms with Gasteiger partial charge < -0.3 is 4.74 Å². The number of rotatable bonds is 1. The van der Waals surface area contributed by atoms with Crippen molar-refractivity contribution in [1.82, 2.24) is 4.98 Å². The van der Waals surface area contributed by atoms with E-state index in [1.54, 1.807) is 12.4 Å². The first-order valence-corrected chi connectivity index (χ1v) is 6.47. The fraction of sp³-hybridized carbons (Fsp3) is 0.0588. The van der Waals surface area contributed by atoms with Gasteiger partial charge in [0.1, 0.15) is 17.8 Å². The molecule has 0 saturated heterocycles. The Balaban J connectivity index is 2.03. The van der Waals surface area contributed by atoms with Crippen LogP contribution in [0.3, 0.4) is 0 Å². The van der Waals surface area contributed by atoms with Gasteiger partial charge in [0.25, 0.3) is 0 Å². The Morgan fingerprint density at radius 1 is 1.10 bits per heavy atom. The highest BCUT2D eigenvalue weighted by atomic mass is 16.5. The average molecular weight is 261 g/mol. The van der Waals surface area contributed by atoms with Crippen LogP contribution in [-0.4, -0.2) is 11.3 Å². The van der Waals surface area contributed by atoms with Crippen LogP contribution in [0.4, 0.5) is 0 Å². The third-order valence-electron chi connectivity index (χ3n) is 3.69. The molecule has 3 heteroatoms. The molecule has 1 aliphatic heterocycles. The van der Waals surface area contributed by atoms with E-state index >= 15 is 0 Å². The molecule has 0 spiro atoms. The monoisotopic (exact) mass is 261 g/mol. The summed E-state index contributed by atoms with van der Waals surface area (Å²) in [6, 6.07) is 9.76. The molecule has 4 rings (SSSR count). The second kappa shape index (κ2) is 4.17. The first-order chi connectivity index (χ1) is 9.86. The Hall–Kier alpha value is -2.68. The highest BCUT2D eigenvalue weighted by molar-refractivity contribution is 6.06. The van der Waals surface area contributed by atoms with E-state index in [9.17, 15) is 4.79 Å². The highest BCUT2D eigenvalue weighted by Crippen LogP contribution is 2.47. The number of carbonyl (C=O) groups excluding carboxylic acids is 1. The maximum atomic E-state index is 11.1. The van der Waals surface area contributed by atoms with Crippen molar-refractivity contribution in [3.63, 3.8) is 0 Å². The Bertz CT molecular complexity index is 787. The van der Waals surface area contributed by atoms with Crippen LogP contribution in [-0.2, 0) is 4.79 Å². The van der Waals surface area contributed by atoms with Crippen molar-refractivity contribution in [3.8, 4) is 11.5 Å². The fourth-order valence-electron chi connectivity index (χ4n) is 2.77. The Morgan fingerprint density at radius 3 is 2.85 bits per heavy atom. The fourth-order valence-corrected chi connectivity index (χ4v) is 2.77. The number of hydrogen-bond acceptors (Lipinski definition) is 3. The minimum atomic E-state index is 0.634. The molecule has 3 nitrogen and oxygen atoms in total. The lowest BCUT2D eigenvalue weighted by atomic mass is 9.98. The van der Waals surface area contributed by atoms with Crippen molar-refractivity contribution in [1.29, 1.82) is 0 Å². The van der Waals surface area contributed by atoms with Crippen molar-refractivity contribution in [2.45, 2.75) is 6.42 Å². The Kier molecular flexibility index (Phi) is 2.33. The molecule has 0 radical (unpaired) electrons. The summed E-state index contributed by atoms with van der Waals surface area (Å²) < 4.78 is 6.01. The summed E-state index contributed by atoms with van der Waals surface area (Å²) >= 11 is 0. The molecule has 2 aliphatic rings. The van der Waals surface area contributed by atoms with Gasteiger partial charge in [-0.1, -0.05) is 18.2 Å². The summed E-state index contributed by atoms with van der Waals surface area (Å²) in [6.45, 7) is 0. The summed E-state index contributed by atoms with van der Waals surface area (Å²) in [6.07, 6.45) is 7.03. The molecular formula is C17H11NO2. The number of fused-ring (bicyclic) bond motifs is 4. The summed E-state index contributed by atoms with van der Waals surface area (Å²) in [4.78, 5) is 15.3. The molecule has 0 atom stereocenters. The molecule has 0 unspecified atom stereocenters. The predicted molar refractivity (Wildman–Crippen MR) is 76.3 cm³/mol. The van der Waals surface area contributed by atoms with Crippen LogP contribution >= 0.6 is 0 Å². The third-order valence-corrected chi connectivity index (χ3v) is 3.69. The number of benzene rings is 1. The van der Waals surface area contributed by atoms with Gasteiger partial charge in [-0.2, -0.15) is 0 Å². The second-order valence-corrected chi connectivity index (χ2v) is 4.88. The summed E-state index contributed by atoms with van der Waals surface area (Å²) in [5.41, 5.74) is 4.96. The molecule has 1 aromatic carbocycles. The zero-order chi connectivity index (χ0) is 13.5. The van der Waals surface area contributed by atoms with Gasteiger partial charge in [-0.25, -0.2) is 0 Å². The van der Waals surface area contributed by atoms with Crippen molar-refractivity contribution >= 4 is 17.4 Å². The average Bonchev–Trinajstić information content (AvgIpc) is 2.87. The lowest BCUT2D eigenvalue weighted by molar-refractivity contribution is -0.104. The largest absolute Gasteiger partial charge is 0.456 e. The van der Waals surface area contributed by atoms with E-state index in [-0.39, 0.29) is 0 Å². The Morgan fingerprint density at radius 2 is 1.95 bits per heavy atom. The number of ether oxygens (including phenoxy) is 1. The normalized spacial score (nSPS) is 15.5. The van der Waals surface area contributed by atoms with Gasteiger partial charge in [-0.3, -0.25) is 9.78 Å². The van der Waals surface area contributed by atoms with E-state index in [4.69, 9.17) is 4.74 Å². The number of pyridine rings is 1. The molecule has 2 heterocycles. The van der Waals surface area contributed by atoms with Crippen LogP contribution in [0.15, 0.2) is 54.4 Å². The number of para-hydroxylation sites is 1. The standard InChI is InChI=1S/C17H11NO2/c19-10-11-7-13-12-3-1-2-4-16(12)20-17-5-6-18-9-15(17)14(13)8-11/h1-7,9-10H,8H2. The molecule has 96 valence electrons. The third kappa shape index (κ3) is 1.53. The maximum Gasteiger partial charge on any atom is 0.146 e. The van der Waals surface area contributed by atoms with Gasteiger partial charge in [0.2, 0.25) is 0 Å². The van der Waals surface area contributed by atoms with E-state index in [1.807, 2.05) is 36.4 Å². The van der Waals surface area contributed by atoms with E-state index < -0.39 is 0 Å². The van der Waals surface area contributed by atoms with E-state index in [2.05, 4.69) is 4.98 Å². The van der Waals surface area contributed by atoms with Gasteiger partial charge in [0.15, 0.2) is 0 Å². The minimum Gasteiger partial charge on any atom is -0.456 e. The quantitative estimate of drug-likeness (QED) is 0.736. The van der Waals surface area contributed by atoms with Crippen molar-refractivity contribution < 1.29 is 9.53 Å². The molecule has 0 fully saturated rings. The molecule has 0 amide bonds. The lowest BCUT2D eigenvalue weighted by Gasteiger charge is -2.09. The molecular weight excluding hydrogens is 250 g/mol. The zero-order valence-electron chi connectivity index (χ0n) is 10.7. The van der Waals surface area contributed by atoms with Gasteiger partial charge in [0.05, 0.1) is 0 Å².